The molecule has 0 heterocycles. The molecule has 1 rings (SSSR count). The van der Waals surface area contributed by atoms with Crippen LogP contribution in [0.3, 0.4) is 0 Å². The minimum absolute atomic E-state index is 0.0811. The third kappa shape index (κ3) is 6.34. The fraction of sp³-hybridized carbons (Fsp3) is 0.333. The van der Waals surface area contributed by atoms with Crippen LogP contribution in [0.4, 0.5) is 13.6 Å². The Morgan fingerprint density at radius 1 is 1.18 bits per heavy atom. The SMILES string of the molecule is CCCCCNC(=O)N/C(=C/c1cc(F)cc(F)c1)C(N)=O. The molecule has 0 unspecified atom stereocenters. The van der Waals surface area contributed by atoms with E-state index in [2.05, 4.69) is 10.6 Å². The molecule has 0 saturated carbocycles. The lowest BCUT2D eigenvalue weighted by Crippen LogP contribution is -2.39. The zero-order chi connectivity index (χ0) is 16.5. The molecule has 0 bridgehead atoms. The van der Waals surface area contributed by atoms with E-state index in [1.165, 1.54) is 0 Å². The largest absolute Gasteiger partial charge is 0.364 e. The molecule has 22 heavy (non-hydrogen) atoms. The third-order valence-corrected chi connectivity index (χ3v) is 2.78. The van der Waals surface area contributed by atoms with Crippen molar-refractivity contribution in [2.24, 2.45) is 5.73 Å². The molecule has 0 spiro atoms. The van der Waals surface area contributed by atoms with E-state index >= 15 is 0 Å². The molecule has 3 amide bonds. The van der Waals surface area contributed by atoms with Gasteiger partial charge in [0.1, 0.15) is 17.3 Å². The Bertz CT molecular complexity index is 554. The molecular formula is C15H19F2N3O2. The van der Waals surface area contributed by atoms with Crippen molar-refractivity contribution < 1.29 is 18.4 Å². The number of primary amides is 1. The van der Waals surface area contributed by atoms with Crippen LogP contribution in [-0.4, -0.2) is 18.5 Å². The Kier molecular flexibility index (Phi) is 7.01. The minimum Gasteiger partial charge on any atom is -0.364 e. The van der Waals surface area contributed by atoms with E-state index in [1.54, 1.807) is 0 Å². The van der Waals surface area contributed by atoms with Crippen LogP contribution < -0.4 is 16.4 Å². The molecule has 0 aliphatic heterocycles. The average Bonchev–Trinajstić information content (AvgIpc) is 2.41. The molecule has 0 radical (unpaired) electrons. The van der Waals surface area contributed by atoms with Gasteiger partial charge in [0.05, 0.1) is 0 Å². The van der Waals surface area contributed by atoms with Gasteiger partial charge in [-0.25, -0.2) is 13.6 Å². The van der Waals surface area contributed by atoms with E-state index in [0.717, 1.165) is 37.5 Å². The Labute approximate surface area is 127 Å². The Balaban J connectivity index is 2.74. The van der Waals surface area contributed by atoms with Crippen molar-refractivity contribution in [3.8, 4) is 0 Å². The summed E-state index contributed by atoms with van der Waals surface area (Å²) in [5, 5.41) is 4.84. The number of nitrogens with one attached hydrogen (secondary N) is 2. The van der Waals surface area contributed by atoms with Gasteiger partial charge in [-0.3, -0.25) is 4.79 Å². The summed E-state index contributed by atoms with van der Waals surface area (Å²) in [6.07, 6.45) is 3.91. The maximum Gasteiger partial charge on any atom is 0.319 e. The van der Waals surface area contributed by atoms with Gasteiger partial charge in [0.2, 0.25) is 0 Å². The van der Waals surface area contributed by atoms with Crippen molar-refractivity contribution in [1.82, 2.24) is 10.6 Å². The maximum atomic E-state index is 13.1. The van der Waals surface area contributed by atoms with Crippen LogP contribution >= 0.6 is 0 Å². The van der Waals surface area contributed by atoms with E-state index < -0.39 is 23.6 Å². The number of amides is 3. The van der Waals surface area contributed by atoms with Crippen molar-refractivity contribution in [3.63, 3.8) is 0 Å². The molecule has 1 aromatic rings. The predicted octanol–water partition coefficient (Wildman–Crippen LogP) is 2.28. The third-order valence-electron chi connectivity index (χ3n) is 2.78. The van der Waals surface area contributed by atoms with Gasteiger partial charge in [-0.1, -0.05) is 19.8 Å². The van der Waals surface area contributed by atoms with Gasteiger partial charge in [-0.05, 0) is 30.2 Å². The van der Waals surface area contributed by atoms with Gasteiger partial charge >= 0.3 is 6.03 Å². The number of nitrogens with two attached hydrogens (primary N) is 1. The summed E-state index contributed by atoms with van der Waals surface area (Å²) in [6.45, 7) is 2.49. The Morgan fingerprint density at radius 2 is 1.82 bits per heavy atom. The summed E-state index contributed by atoms with van der Waals surface area (Å²) in [4.78, 5) is 22.9. The topological polar surface area (TPSA) is 84.2 Å². The first-order valence-electron chi connectivity index (χ1n) is 6.94. The normalized spacial score (nSPS) is 11.1. The van der Waals surface area contributed by atoms with Crippen LogP contribution in [-0.2, 0) is 4.79 Å². The first-order valence-corrected chi connectivity index (χ1v) is 6.94. The number of halogens is 2. The molecule has 1 aromatic carbocycles. The van der Waals surface area contributed by atoms with Gasteiger partial charge in [0.15, 0.2) is 0 Å². The van der Waals surface area contributed by atoms with Crippen molar-refractivity contribution in [2.75, 3.05) is 6.54 Å². The molecule has 120 valence electrons. The quantitative estimate of drug-likeness (QED) is 0.533. The molecule has 0 atom stereocenters. The first-order chi connectivity index (χ1) is 10.4. The molecular weight excluding hydrogens is 292 g/mol. The Morgan fingerprint density at radius 3 is 2.36 bits per heavy atom. The van der Waals surface area contributed by atoms with E-state index in [0.29, 0.717) is 12.6 Å². The number of carbonyl (C=O) groups is 2. The van der Waals surface area contributed by atoms with Gasteiger partial charge in [0, 0.05) is 12.6 Å². The van der Waals surface area contributed by atoms with E-state index in [4.69, 9.17) is 5.73 Å². The second-order valence-corrected chi connectivity index (χ2v) is 4.71. The number of hydrogen-bond acceptors (Lipinski definition) is 2. The smallest absolute Gasteiger partial charge is 0.319 e. The second kappa shape index (κ2) is 8.76. The second-order valence-electron chi connectivity index (χ2n) is 4.71. The Hall–Kier alpha value is -2.44. The summed E-state index contributed by atoms with van der Waals surface area (Å²) in [7, 11) is 0. The van der Waals surface area contributed by atoms with Crippen LogP contribution in [0.2, 0.25) is 0 Å². The molecule has 0 saturated heterocycles. The lowest BCUT2D eigenvalue weighted by Gasteiger charge is -2.09. The van der Waals surface area contributed by atoms with Gasteiger partial charge < -0.3 is 16.4 Å². The van der Waals surface area contributed by atoms with Crippen LogP contribution in [0.15, 0.2) is 23.9 Å². The predicted molar refractivity (Wildman–Crippen MR) is 79.6 cm³/mol. The molecule has 0 fully saturated rings. The number of urea groups is 1. The highest BCUT2D eigenvalue weighted by atomic mass is 19.1. The standard InChI is InChI=1S/C15H19F2N3O2/c1-2-3-4-5-19-15(22)20-13(14(18)21)8-10-6-11(16)9-12(17)7-10/h6-9H,2-5H2,1H3,(H2,18,21)(H2,19,20,22)/b13-8+. The van der Waals surface area contributed by atoms with E-state index in [-0.39, 0.29) is 11.3 Å². The van der Waals surface area contributed by atoms with Crippen LogP contribution in [0.25, 0.3) is 6.08 Å². The monoisotopic (exact) mass is 311 g/mol. The van der Waals surface area contributed by atoms with Gasteiger partial charge in [-0.15, -0.1) is 0 Å². The highest BCUT2D eigenvalue weighted by Crippen LogP contribution is 2.11. The van der Waals surface area contributed by atoms with E-state index in [1.807, 2.05) is 6.92 Å². The highest BCUT2D eigenvalue weighted by Gasteiger charge is 2.10. The van der Waals surface area contributed by atoms with E-state index in [9.17, 15) is 18.4 Å². The maximum absolute atomic E-state index is 13.1. The van der Waals surface area contributed by atoms with Crippen LogP contribution in [0.5, 0.6) is 0 Å². The van der Waals surface area contributed by atoms with Crippen LogP contribution in [0.1, 0.15) is 31.7 Å². The fourth-order valence-corrected chi connectivity index (χ4v) is 1.74. The number of carbonyl (C=O) groups excluding carboxylic acids is 2. The van der Waals surface area contributed by atoms with Crippen molar-refractivity contribution >= 4 is 18.0 Å². The van der Waals surface area contributed by atoms with Crippen molar-refractivity contribution in [1.29, 1.82) is 0 Å². The summed E-state index contributed by atoms with van der Waals surface area (Å²) in [5.74, 6) is -2.49. The van der Waals surface area contributed by atoms with Crippen LogP contribution in [0, 0.1) is 11.6 Å². The summed E-state index contributed by atoms with van der Waals surface area (Å²) >= 11 is 0. The number of rotatable bonds is 7. The molecule has 4 N–H and O–H groups in total. The first kappa shape index (κ1) is 17.6. The number of hydrogen-bond donors (Lipinski definition) is 3. The summed E-state index contributed by atoms with van der Waals surface area (Å²) < 4.78 is 26.2. The zero-order valence-electron chi connectivity index (χ0n) is 12.3. The van der Waals surface area contributed by atoms with Crippen molar-refractivity contribution in [2.45, 2.75) is 26.2 Å². The zero-order valence-corrected chi connectivity index (χ0v) is 12.3. The fourth-order valence-electron chi connectivity index (χ4n) is 1.74. The molecule has 0 aromatic heterocycles. The van der Waals surface area contributed by atoms with Crippen molar-refractivity contribution in [3.05, 3.63) is 41.1 Å². The summed E-state index contributed by atoms with van der Waals surface area (Å²) in [6, 6.07) is 2.15. The number of unbranched alkanes of at least 4 members (excludes halogenated alkanes) is 2. The summed E-state index contributed by atoms with van der Waals surface area (Å²) in [5.41, 5.74) is 4.98. The van der Waals surface area contributed by atoms with Gasteiger partial charge in [-0.2, -0.15) is 0 Å². The highest BCUT2D eigenvalue weighted by molar-refractivity contribution is 5.99. The minimum atomic E-state index is -0.909. The molecule has 7 heteroatoms. The average molecular weight is 311 g/mol. The molecule has 0 aliphatic rings. The number of benzene rings is 1. The van der Waals surface area contributed by atoms with Gasteiger partial charge in [0.25, 0.3) is 5.91 Å². The lowest BCUT2D eigenvalue weighted by atomic mass is 10.1. The molecule has 5 nitrogen and oxygen atoms in total. The molecule has 0 aliphatic carbocycles. The lowest BCUT2D eigenvalue weighted by molar-refractivity contribution is -0.114.